The number of piperidine rings is 1. The third-order valence-corrected chi connectivity index (χ3v) is 8.02. The van der Waals surface area contributed by atoms with Crippen LogP contribution in [-0.2, 0) is 19.1 Å². The average Bonchev–Trinajstić information content (AvgIpc) is 3.06. The number of likely N-dealkylation sites (tertiary alicyclic amines) is 1. The maximum Gasteiger partial charge on any atom is 0.431 e. The molecule has 2 heterocycles. The van der Waals surface area contributed by atoms with E-state index in [1.54, 1.807) is 0 Å². The Hall–Kier alpha value is -4.47. The molecule has 1 saturated heterocycles. The predicted molar refractivity (Wildman–Crippen MR) is 168 cm³/mol. The molecule has 0 aromatic heterocycles. The highest BCUT2D eigenvalue weighted by molar-refractivity contribution is 6.00. The van der Waals surface area contributed by atoms with Gasteiger partial charge in [0.25, 0.3) is 5.69 Å². The molecule has 0 radical (unpaired) electrons. The summed E-state index contributed by atoms with van der Waals surface area (Å²) in [4.78, 5) is 39.5. The van der Waals surface area contributed by atoms with Crippen molar-refractivity contribution in [3.8, 4) is 5.75 Å². The van der Waals surface area contributed by atoms with Crippen LogP contribution in [-0.4, -0.2) is 91.7 Å². The maximum atomic E-state index is 14.2. The van der Waals surface area contributed by atoms with Crippen molar-refractivity contribution >= 4 is 17.6 Å². The van der Waals surface area contributed by atoms with Gasteiger partial charge in [0, 0.05) is 30.9 Å². The molecule has 0 bridgehead atoms. The summed E-state index contributed by atoms with van der Waals surface area (Å²) in [5.74, 6) is -3.27. The molecule has 1 fully saturated rings. The van der Waals surface area contributed by atoms with Crippen LogP contribution in [0.3, 0.4) is 0 Å². The number of dihydropyridines is 1. The first-order valence-electron chi connectivity index (χ1n) is 15.5. The number of carbonyl (C=O) groups excluding carboxylic acids is 2. The molecule has 260 valence electrons. The van der Waals surface area contributed by atoms with Gasteiger partial charge in [-0.05, 0) is 63.5 Å². The zero-order valence-electron chi connectivity index (χ0n) is 26.6. The van der Waals surface area contributed by atoms with Crippen molar-refractivity contribution in [1.82, 2.24) is 15.5 Å². The first-order chi connectivity index (χ1) is 22.9. The minimum absolute atomic E-state index is 0.0753. The summed E-state index contributed by atoms with van der Waals surface area (Å²) in [6, 6.07) is 13.9. The molecule has 2 aliphatic heterocycles. The number of aliphatic hydroxyl groups excluding tert-OH is 1. The number of ether oxygens (including phenoxy) is 3. The zero-order chi connectivity index (χ0) is 34.8. The van der Waals surface area contributed by atoms with E-state index in [1.165, 1.54) is 19.1 Å². The number of nitrogens with zero attached hydrogens (tertiary/aromatic N) is 2. The summed E-state index contributed by atoms with van der Waals surface area (Å²) < 4.78 is 58.6. The Labute approximate surface area is 275 Å². The molecular weight excluding hydrogens is 637 g/mol. The van der Waals surface area contributed by atoms with Gasteiger partial charge >= 0.3 is 18.1 Å². The Kier molecular flexibility index (Phi) is 12.6. The minimum atomic E-state index is -5.04. The van der Waals surface area contributed by atoms with E-state index in [0.29, 0.717) is 44.8 Å². The van der Waals surface area contributed by atoms with Gasteiger partial charge in [-0.2, -0.15) is 13.2 Å². The number of hydrogen-bond donors (Lipinski definition) is 3. The molecule has 48 heavy (non-hydrogen) atoms. The summed E-state index contributed by atoms with van der Waals surface area (Å²) in [5.41, 5.74) is -3.31. The van der Waals surface area contributed by atoms with Crippen LogP contribution < -0.4 is 15.4 Å². The number of hydrogen-bond acceptors (Lipinski definition) is 11. The number of aliphatic hydroxyl groups is 1. The number of carbonyl (C=O) groups is 2. The first kappa shape index (κ1) is 36.4. The van der Waals surface area contributed by atoms with Gasteiger partial charge in [-0.1, -0.05) is 30.3 Å². The fourth-order valence-corrected chi connectivity index (χ4v) is 5.79. The molecule has 12 nitrogen and oxygen atoms in total. The second-order valence-electron chi connectivity index (χ2n) is 11.5. The fourth-order valence-electron chi connectivity index (χ4n) is 5.79. The number of non-ortho nitro benzene ring substituents is 1. The molecule has 3 N–H and O–H groups in total. The lowest BCUT2D eigenvalue weighted by Gasteiger charge is -2.35. The third-order valence-electron chi connectivity index (χ3n) is 8.02. The predicted octanol–water partition coefficient (Wildman–Crippen LogP) is 3.97. The van der Waals surface area contributed by atoms with Crippen molar-refractivity contribution < 1.29 is 47.0 Å². The number of nitro benzene ring substituents is 1. The fraction of sp³-hybridized carbons (Fsp3) is 0.455. The van der Waals surface area contributed by atoms with E-state index < -0.39 is 58.1 Å². The number of nitrogens with one attached hydrogen (secondary N) is 2. The third kappa shape index (κ3) is 9.55. The average molecular weight is 677 g/mol. The molecule has 3 unspecified atom stereocenters. The number of nitro groups is 1. The second-order valence-corrected chi connectivity index (χ2v) is 11.5. The van der Waals surface area contributed by atoms with Crippen molar-refractivity contribution in [2.24, 2.45) is 0 Å². The molecule has 15 heteroatoms. The Morgan fingerprint density at radius 3 is 2.58 bits per heavy atom. The van der Waals surface area contributed by atoms with Gasteiger partial charge in [0.15, 0.2) is 0 Å². The van der Waals surface area contributed by atoms with Crippen LogP contribution in [0.5, 0.6) is 5.75 Å². The van der Waals surface area contributed by atoms with E-state index in [0.717, 1.165) is 32.2 Å². The van der Waals surface area contributed by atoms with E-state index in [-0.39, 0.29) is 23.4 Å². The van der Waals surface area contributed by atoms with Gasteiger partial charge < -0.3 is 30.0 Å². The van der Waals surface area contributed by atoms with Crippen LogP contribution in [0.4, 0.5) is 18.9 Å². The van der Waals surface area contributed by atoms with Crippen LogP contribution in [0.25, 0.3) is 0 Å². The van der Waals surface area contributed by atoms with Crippen LogP contribution in [0.1, 0.15) is 37.7 Å². The number of halogens is 3. The minimum Gasteiger partial charge on any atom is -0.491 e. The van der Waals surface area contributed by atoms with Gasteiger partial charge in [0.2, 0.25) is 0 Å². The SMILES string of the molecule is COC(=O)C1=C(C(F)(F)F)NC(C)=C(C(=O)OC2CCCN(CCCNCC(O)COc3ccccc3)C2)C1c1cccc([N+](=O)[O-])c1. The summed E-state index contributed by atoms with van der Waals surface area (Å²) >= 11 is 0. The van der Waals surface area contributed by atoms with Crippen LogP contribution in [0.2, 0.25) is 0 Å². The Bertz CT molecular complexity index is 1520. The zero-order valence-corrected chi connectivity index (χ0v) is 26.6. The summed E-state index contributed by atoms with van der Waals surface area (Å²) in [6.45, 7) is 4.18. The van der Waals surface area contributed by atoms with Gasteiger partial charge in [-0.3, -0.25) is 15.0 Å². The number of methoxy groups -OCH3 is 1. The molecule has 2 aliphatic rings. The van der Waals surface area contributed by atoms with Gasteiger partial charge in [-0.25, -0.2) is 9.59 Å². The highest BCUT2D eigenvalue weighted by Gasteiger charge is 2.48. The van der Waals surface area contributed by atoms with Gasteiger partial charge in [-0.15, -0.1) is 0 Å². The molecule has 0 spiro atoms. The van der Waals surface area contributed by atoms with Crippen molar-refractivity contribution in [3.63, 3.8) is 0 Å². The lowest BCUT2D eigenvalue weighted by molar-refractivity contribution is -0.384. The topological polar surface area (TPSA) is 152 Å². The van der Waals surface area contributed by atoms with E-state index in [9.17, 15) is 38.0 Å². The molecule has 0 saturated carbocycles. The monoisotopic (exact) mass is 676 g/mol. The summed E-state index contributed by atoms with van der Waals surface area (Å²) in [7, 11) is 0.908. The number of esters is 2. The summed E-state index contributed by atoms with van der Waals surface area (Å²) in [5, 5.41) is 27.0. The smallest absolute Gasteiger partial charge is 0.431 e. The van der Waals surface area contributed by atoms with E-state index in [4.69, 9.17) is 14.2 Å². The number of allylic oxidation sites excluding steroid dienone is 2. The molecular formula is C33H39F3N4O8. The van der Waals surface area contributed by atoms with Crippen molar-refractivity contribution in [2.75, 3.05) is 46.4 Å². The standard InChI is InChI=1S/C33H39F3N4O8/c1-21-27(28(22-9-6-10-23(17-22)40(44)45)29(31(42)46-2)30(38-21)33(34,35)36)32(43)48-26-13-7-15-39(19-26)16-8-14-37-18-24(41)20-47-25-11-4-3-5-12-25/h3-6,9-12,17,24,26,28,37-38,41H,7-8,13-16,18-20H2,1-2H3. The number of alkyl halides is 3. The van der Waals surface area contributed by atoms with Crippen molar-refractivity contribution in [3.05, 3.63) is 92.8 Å². The molecule has 4 rings (SSSR count). The Morgan fingerprint density at radius 2 is 1.90 bits per heavy atom. The first-order valence-corrected chi connectivity index (χ1v) is 15.5. The van der Waals surface area contributed by atoms with E-state index in [1.807, 2.05) is 30.3 Å². The van der Waals surface area contributed by atoms with Crippen molar-refractivity contribution in [1.29, 1.82) is 0 Å². The largest absolute Gasteiger partial charge is 0.491 e. The second kappa shape index (κ2) is 16.6. The highest BCUT2D eigenvalue weighted by Crippen LogP contribution is 2.44. The number of benzene rings is 2. The summed E-state index contributed by atoms with van der Waals surface area (Å²) in [6.07, 6.45) is -4.35. The molecule has 2 aromatic carbocycles. The van der Waals surface area contributed by atoms with E-state index in [2.05, 4.69) is 15.5 Å². The quantitative estimate of drug-likeness (QED) is 0.115. The van der Waals surface area contributed by atoms with E-state index >= 15 is 0 Å². The van der Waals surface area contributed by atoms with Crippen LogP contribution >= 0.6 is 0 Å². The lowest BCUT2D eigenvalue weighted by atomic mass is 9.80. The van der Waals surface area contributed by atoms with Gasteiger partial charge in [0.05, 0.1) is 29.1 Å². The maximum absolute atomic E-state index is 14.2. The Balaban J connectivity index is 1.40. The molecule has 3 atom stereocenters. The lowest BCUT2D eigenvalue weighted by Crippen LogP contribution is -2.43. The molecule has 2 aromatic rings. The van der Waals surface area contributed by atoms with Gasteiger partial charge in [0.1, 0.15) is 30.3 Å². The molecule has 0 amide bonds. The molecule has 0 aliphatic carbocycles. The number of rotatable bonds is 14. The number of para-hydroxylation sites is 1. The van der Waals surface area contributed by atoms with Crippen LogP contribution in [0.15, 0.2) is 77.1 Å². The van der Waals surface area contributed by atoms with Crippen LogP contribution in [0, 0.1) is 10.1 Å². The normalized spacial score (nSPS) is 19.4. The van der Waals surface area contributed by atoms with Crippen molar-refractivity contribution in [2.45, 2.75) is 50.5 Å². The highest BCUT2D eigenvalue weighted by atomic mass is 19.4. The Morgan fingerprint density at radius 1 is 1.15 bits per heavy atom.